The van der Waals surface area contributed by atoms with Gasteiger partial charge in [-0.05, 0) is 67.2 Å². The predicted molar refractivity (Wildman–Crippen MR) is 117 cm³/mol. The lowest BCUT2D eigenvalue weighted by Gasteiger charge is -2.44. The molecule has 0 amide bonds. The number of hydrogen-bond donors (Lipinski definition) is 0. The molecular formula is C21H42N2S2. The molecule has 0 unspecified atom stereocenters. The van der Waals surface area contributed by atoms with Gasteiger partial charge in [0.1, 0.15) is 0 Å². The van der Waals surface area contributed by atoms with Gasteiger partial charge in [-0.15, -0.1) is 0 Å². The summed E-state index contributed by atoms with van der Waals surface area (Å²) in [5.41, 5.74) is 0.509. The second kappa shape index (κ2) is 9.71. The number of hydrogen-bond acceptors (Lipinski definition) is 4. The Bertz CT molecular complexity index is 338. The molecule has 0 aliphatic heterocycles. The first-order valence-corrected chi connectivity index (χ1v) is 12.4. The van der Waals surface area contributed by atoms with Crippen LogP contribution in [0.15, 0.2) is 0 Å². The summed E-state index contributed by atoms with van der Waals surface area (Å²) >= 11 is 4.20. The predicted octanol–water partition coefficient (Wildman–Crippen LogP) is 7.11. The molecule has 2 saturated carbocycles. The van der Waals surface area contributed by atoms with Crippen molar-refractivity contribution in [2.24, 2.45) is 0 Å². The summed E-state index contributed by atoms with van der Waals surface area (Å²) in [6.07, 6.45) is 14.1. The van der Waals surface area contributed by atoms with E-state index in [1.165, 1.54) is 64.2 Å². The Labute approximate surface area is 166 Å². The first-order valence-electron chi connectivity index (χ1n) is 10.5. The van der Waals surface area contributed by atoms with Gasteiger partial charge in [-0.2, -0.15) is 0 Å². The van der Waals surface area contributed by atoms with Crippen molar-refractivity contribution in [2.75, 3.05) is 5.08 Å². The topological polar surface area (TPSA) is 6.48 Å². The van der Waals surface area contributed by atoms with E-state index in [0.29, 0.717) is 0 Å². The first-order chi connectivity index (χ1) is 11.7. The van der Waals surface area contributed by atoms with Crippen molar-refractivity contribution in [3.63, 3.8) is 0 Å². The molecule has 2 fully saturated rings. The van der Waals surface area contributed by atoms with Crippen LogP contribution in [0.4, 0.5) is 0 Å². The monoisotopic (exact) mass is 386 g/mol. The van der Waals surface area contributed by atoms with Gasteiger partial charge in [-0.1, -0.05) is 62.4 Å². The highest BCUT2D eigenvalue weighted by atomic mass is 32.2. The maximum Gasteiger partial charge on any atom is 0.0687 e. The SMILES string of the molecule is CC(C)(C)N(SCSN(C1CCCCC1)C(C)(C)C)C1CCCCC1. The molecule has 2 aliphatic carbocycles. The van der Waals surface area contributed by atoms with Gasteiger partial charge in [0.15, 0.2) is 0 Å². The number of nitrogens with zero attached hydrogens (tertiary/aromatic N) is 2. The second-order valence-electron chi connectivity index (χ2n) is 9.95. The zero-order valence-electron chi connectivity index (χ0n) is 17.6. The van der Waals surface area contributed by atoms with Gasteiger partial charge in [-0.3, -0.25) is 0 Å². The molecule has 0 N–H and O–H groups in total. The van der Waals surface area contributed by atoms with Crippen LogP contribution in [0.3, 0.4) is 0 Å². The standard InChI is InChI=1S/C21H42N2S2/c1-20(2,3)22(18-13-9-7-10-14-18)24-17-25-23(21(4,5)6)19-15-11-8-12-16-19/h18-19H,7-17H2,1-6H3. The second-order valence-corrected chi connectivity index (χ2v) is 12.2. The van der Waals surface area contributed by atoms with Crippen molar-refractivity contribution >= 4 is 23.9 Å². The molecule has 0 bridgehead atoms. The molecular weight excluding hydrogens is 344 g/mol. The van der Waals surface area contributed by atoms with Gasteiger partial charge < -0.3 is 0 Å². The Morgan fingerprint density at radius 1 is 0.600 bits per heavy atom. The number of rotatable bonds is 6. The average Bonchev–Trinajstić information content (AvgIpc) is 2.54. The highest BCUT2D eigenvalue weighted by Gasteiger charge is 2.33. The average molecular weight is 387 g/mol. The van der Waals surface area contributed by atoms with Gasteiger partial charge in [0.05, 0.1) is 5.08 Å². The van der Waals surface area contributed by atoms with Gasteiger partial charge in [0.25, 0.3) is 0 Å². The van der Waals surface area contributed by atoms with Crippen LogP contribution in [0.25, 0.3) is 0 Å². The molecule has 0 aromatic carbocycles. The maximum atomic E-state index is 2.74. The van der Waals surface area contributed by atoms with E-state index in [0.717, 1.165) is 17.2 Å². The molecule has 0 aromatic heterocycles. The smallest absolute Gasteiger partial charge is 0.0687 e. The third-order valence-corrected chi connectivity index (χ3v) is 8.61. The lowest BCUT2D eigenvalue weighted by molar-refractivity contribution is 0.170. The largest absolute Gasteiger partial charge is 0.241 e. The fourth-order valence-corrected chi connectivity index (χ4v) is 7.18. The van der Waals surface area contributed by atoms with Crippen molar-refractivity contribution in [3.05, 3.63) is 0 Å². The molecule has 4 heteroatoms. The van der Waals surface area contributed by atoms with Crippen LogP contribution in [-0.2, 0) is 0 Å². The molecule has 2 aliphatic rings. The van der Waals surface area contributed by atoms with E-state index < -0.39 is 0 Å². The Balaban J connectivity index is 1.93. The molecule has 0 spiro atoms. The van der Waals surface area contributed by atoms with Gasteiger partial charge >= 0.3 is 0 Å². The van der Waals surface area contributed by atoms with Crippen LogP contribution in [0.5, 0.6) is 0 Å². The van der Waals surface area contributed by atoms with Crippen LogP contribution in [0, 0.1) is 0 Å². The minimum Gasteiger partial charge on any atom is -0.241 e. The van der Waals surface area contributed by atoms with Crippen molar-refractivity contribution in [3.8, 4) is 0 Å². The van der Waals surface area contributed by atoms with Gasteiger partial charge in [0.2, 0.25) is 0 Å². The van der Waals surface area contributed by atoms with Crippen LogP contribution in [0.1, 0.15) is 106 Å². The van der Waals surface area contributed by atoms with Crippen LogP contribution in [-0.4, -0.2) is 36.9 Å². The summed E-state index contributed by atoms with van der Waals surface area (Å²) in [4.78, 5) is 0. The Hall–Kier alpha value is 0.620. The summed E-state index contributed by atoms with van der Waals surface area (Å²) in [6, 6.07) is 1.55. The molecule has 25 heavy (non-hydrogen) atoms. The van der Waals surface area contributed by atoms with Gasteiger partial charge in [0, 0.05) is 23.2 Å². The molecule has 2 rings (SSSR count). The van der Waals surface area contributed by atoms with Crippen molar-refractivity contribution in [1.29, 1.82) is 0 Å². The van der Waals surface area contributed by atoms with E-state index in [9.17, 15) is 0 Å². The quantitative estimate of drug-likeness (QED) is 0.354. The third kappa shape index (κ3) is 6.93. The molecule has 0 aromatic rings. The minimum absolute atomic E-state index is 0.255. The Kier molecular flexibility index (Phi) is 8.51. The van der Waals surface area contributed by atoms with E-state index in [1.54, 1.807) is 0 Å². The summed E-state index contributed by atoms with van der Waals surface area (Å²) in [6.45, 7) is 14.3. The normalized spacial score (nSPS) is 22.1. The molecule has 0 radical (unpaired) electrons. The zero-order chi connectivity index (χ0) is 18.5. The van der Waals surface area contributed by atoms with E-state index in [4.69, 9.17) is 0 Å². The maximum absolute atomic E-state index is 2.74. The van der Waals surface area contributed by atoms with Gasteiger partial charge in [-0.25, -0.2) is 8.61 Å². The third-order valence-electron chi connectivity index (χ3n) is 5.52. The van der Waals surface area contributed by atoms with E-state index >= 15 is 0 Å². The summed E-state index contributed by atoms with van der Waals surface area (Å²) in [5.74, 6) is 0. The molecule has 0 atom stereocenters. The fraction of sp³-hybridized carbons (Fsp3) is 1.00. The van der Waals surface area contributed by atoms with E-state index in [2.05, 4.69) is 74.0 Å². The summed E-state index contributed by atoms with van der Waals surface area (Å²) in [5, 5.41) is 1.15. The lowest BCUT2D eigenvalue weighted by Crippen LogP contribution is -2.46. The van der Waals surface area contributed by atoms with Crippen molar-refractivity contribution in [2.45, 2.75) is 129 Å². The lowest BCUT2D eigenvalue weighted by atomic mass is 9.93. The highest BCUT2D eigenvalue weighted by molar-refractivity contribution is 8.13. The summed E-state index contributed by atoms with van der Waals surface area (Å²) < 4.78 is 5.47. The van der Waals surface area contributed by atoms with E-state index in [1.807, 2.05) is 0 Å². The van der Waals surface area contributed by atoms with Crippen LogP contribution >= 0.6 is 23.9 Å². The zero-order valence-corrected chi connectivity index (χ0v) is 19.3. The minimum atomic E-state index is 0.255. The molecule has 0 heterocycles. The molecule has 148 valence electrons. The van der Waals surface area contributed by atoms with Crippen LogP contribution in [0.2, 0.25) is 0 Å². The summed E-state index contributed by atoms with van der Waals surface area (Å²) in [7, 11) is 0. The highest BCUT2D eigenvalue weighted by Crippen LogP contribution is 2.39. The van der Waals surface area contributed by atoms with Crippen molar-refractivity contribution < 1.29 is 0 Å². The molecule has 0 saturated heterocycles. The molecule has 2 nitrogen and oxygen atoms in total. The van der Waals surface area contributed by atoms with Crippen LogP contribution < -0.4 is 0 Å². The van der Waals surface area contributed by atoms with Crippen molar-refractivity contribution in [1.82, 2.24) is 8.61 Å². The van der Waals surface area contributed by atoms with E-state index in [-0.39, 0.29) is 11.1 Å². The first kappa shape index (κ1) is 21.9. The Morgan fingerprint density at radius 2 is 0.920 bits per heavy atom. The fourth-order valence-electron chi connectivity index (χ4n) is 4.46. The Morgan fingerprint density at radius 3 is 1.20 bits per heavy atom.